The van der Waals surface area contributed by atoms with E-state index in [0.717, 1.165) is 12.8 Å². The number of nitrogens with one attached hydrogen (secondary N) is 1. The van der Waals surface area contributed by atoms with E-state index in [2.05, 4.69) is 4.72 Å². The molecule has 1 saturated heterocycles. The fourth-order valence-corrected chi connectivity index (χ4v) is 4.37. The van der Waals surface area contributed by atoms with Crippen LogP contribution >= 0.6 is 11.6 Å². The zero-order valence-corrected chi connectivity index (χ0v) is 18.3. The third-order valence-electron chi connectivity index (χ3n) is 4.78. The monoisotopic (exact) mass is 452 g/mol. The van der Waals surface area contributed by atoms with Crippen molar-refractivity contribution < 1.29 is 22.7 Å². The Bertz CT molecular complexity index is 977. The summed E-state index contributed by atoms with van der Waals surface area (Å²) in [5.74, 6) is 0.249. The number of hydrogen-bond donors (Lipinski definition) is 1. The first-order chi connectivity index (χ1) is 14.4. The molecule has 2 aromatic rings. The van der Waals surface area contributed by atoms with E-state index in [4.69, 9.17) is 21.1 Å². The van der Waals surface area contributed by atoms with Gasteiger partial charge >= 0.3 is 0 Å². The molecule has 9 heteroatoms. The van der Waals surface area contributed by atoms with Crippen LogP contribution in [0.25, 0.3) is 0 Å². The minimum absolute atomic E-state index is 0.0482. The van der Waals surface area contributed by atoms with Crippen LogP contribution < -0.4 is 9.46 Å². The van der Waals surface area contributed by atoms with Gasteiger partial charge in [0, 0.05) is 25.8 Å². The van der Waals surface area contributed by atoms with Crippen molar-refractivity contribution in [1.29, 1.82) is 0 Å². The van der Waals surface area contributed by atoms with E-state index in [9.17, 15) is 13.2 Å². The number of sulfonamides is 1. The Hall–Kier alpha value is -2.13. The van der Waals surface area contributed by atoms with E-state index in [1.165, 1.54) is 17.0 Å². The Labute approximate surface area is 182 Å². The lowest BCUT2D eigenvalue weighted by molar-refractivity contribution is 0.0773. The SMILES string of the molecule is CN(CCOc1ccccc1Cl)C(=O)c1cccc(S(=O)(=O)NCC2CCCO2)c1. The normalized spacial score (nSPS) is 16.4. The standard InChI is InChI=1S/C21H25ClN2O5S/c1-24(11-13-29-20-10-3-2-9-19(20)22)21(25)16-6-4-8-18(14-16)30(26,27)23-15-17-7-5-12-28-17/h2-4,6,8-10,14,17,23H,5,7,11-13,15H2,1H3. The summed E-state index contributed by atoms with van der Waals surface area (Å²) in [5, 5.41) is 0.500. The number of para-hydroxylation sites is 1. The van der Waals surface area contributed by atoms with Gasteiger partial charge in [-0.1, -0.05) is 29.8 Å². The summed E-state index contributed by atoms with van der Waals surface area (Å²) in [6, 6.07) is 13.1. The number of amides is 1. The molecule has 30 heavy (non-hydrogen) atoms. The maximum atomic E-state index is 12.7. The van der Waals surface area contributed by atoms with E-state index in [1.54, 1.807) is 31.3 Å². The minimum Gasteiger partial charge on any atom is -0.490 e. The number of hydrogen-bond acceptors (Lipinski definition) is 5. The van der Waals surface area contributed by atoms with Crippen molar-refractivity contribution in [1.82, 2.24) is 9.62 Å². The summed E-state index contributed by atoms with van der Waals surface area (Å²) in [6.45, 7) is 1.45. The summed E-state index contributed by atoms with van der Waals surface area (Å²) in [5.41, 5.74) is 0.287. The molecule has 162 valence electrons. The van der Waals surface area contributed by atoms with Crippen LogP contribution in [-0.2, 0) is 14.8 Å². The molecule has 3 rings (SSSR count). The lowest BCUT2D eigenvalue weighted by Gasteiger charge is -2.18. The fraction of sp³-hybridized carbons (Fsp3) is 0.381. The van der Waals surface area contributed by atoms with E-state index in [1.807, 2.05) is 12.1 Å². The van der Waals surface area contributed by atoms with Gasteiger partial charge in [0.1, 0.15) is 12.4 Å². The lowest BCUT2D eigenvalue weighted by Crippen LogP contribution is -2.33. The molecule has 1 amide bonds. The molecular weight excluding hydrogens is 428 g/mol. The summed E-state index contributed by atoms with van der Waals surface area (Å²) >= 11 is 6.05. The molecule has 0 aliphatic carbocycles. The van der Waals surface area contributed by atoms with Gasteiger partial charge in [-0.05, 0) is 43.2 Å². The van der Waals surface area contributed by atoms with Gasteiger partial charge in [-0.2, -0.15) is 0 Å². The van der Waals surface area contributed by atoms with Gasteiger partial charge in [0.2, 0.25) is 10.0 Å². The van der Waals surface area contributed by atoms with E-state index in [-0.39, 0.29) is 35.6 Å². The van der Waals surface area contributed by atoms with Crippen LogP contribution in [0.4, 0.5) is 0 Å². The lowest BCUT2D eigenvalue weighted by atomic mass is 10.2. The number of carbonyl (C=O) groups is 1. The molecule has 1 unspecified atom stereocenters. The van der Waals surface area contributed by atoms with Gasteiger partial charge in [-0.15, -0.1) is 0 Å². The van der Waals surface area contributed by atoms with Crippen LogP contribution in [0.1, 0.15) is 23.2 Å². The second-order valence-electron chi connectivity index (χ2n) is 7.02. The fourth-order valence-electron chi connectivity index (χ4n) is 3.06. The van der Waals surface area contributed by atoms with Crippen LogP contribution in [0.15, 0.2) is 53.4 Å². The second kappa shape index (κ2) is 10.3. The molecule has 0 radical (unpaired) electrons. The van der Waals surface area contributed by atoms with Gasteiger partial charge in [-0.25, -0.2) is 13.1 Å². The van der Waals surface area contributed by atoms with Crippen LogP contribution in [0.5, 0.6) is 5.75 Å². The summed E-state index contributed by atoms with van der Waals surface area (Å²) < 4.78 is 38.8. The summed E-state index contributed by atoms with van der Waals surface area (Å²) in [4.78, 5) is 14.2. The Morgan fingerprint density at radius 3 is 2.80 bits per heavy atom. The van der Waals surface area contributed by atoms with Gasteiger partial charge in [0.15, 0.2) is 0 Å². The Morgan fingerprint density at radius 1 is 1.27 bits per heavy atom. The highest BCUT2D eigenvalue weighted by Crippen LogP contribution is 2.23. The molecule has 1 aliphatic rings. The molecule has 0 spiro atoms. The van der Waals surface area contributed by atoms with Crippen LogP contribution in [-0.4, -0.2) is 58.7 Å². The first kappa shape index (κ1) is 22.6. The van der Waals surface area contributed by atoms with Crippen LogP contribution in [0.3, 0.4) is 0 Å². The highest BCUT2D eigenvalue weighted by Gasteiger charge is 2.21. The Balaban J connectivity index is 1.58. The van der Waals surface area contributed by atoms with Crippen molar-refractivity contribution in [2.24, 2.45) is 0 Å². The van der Waals surface area contributed by atoms with Crippen molar-refractivity contribution in [3.05, 3.63) is 59.1 Å². The number of nitrogens with zero attached hydrogens (tertiary/aromatic N) is 1. The van der Waals surface area contributed by atoms with Crippen molar-refractivity contribution in [3.63, 3.8) is 0 Å². The van der Waals surface area contributed by atoms with Crippen LogP contribution in [0.2, 0.25) is 5.02 Å². The molecule has 2 aromatic carbocycles. The molecule has 0 bridgehead atoms. The number of benzene rings is 2. The van der Waals surface area contributed by atoms with E-state index >= 15 is 0 Å². The average molecular weight is 453 g/mol. The van der Waals surface area contributed by atoms with Gasteiger partial charge < -0.3 is 14.4 Å². The van der Waals surface area contributed by atoms with Crippen LogP contribution in [0, 0.1) is 0 Å². The Morgan fingerprint density at radius 2 is 2.07 bits per heavy atom. The van der Waals surface area contributed by atoms with Crippen molar-refractivity contribution in [2.45, 2.75) is 23.8 Å². The highest BCUT2D eigenvalue weighted by molar-refractivity contribution is 7.89. The third kappa shape index (κ3) is 5.95. The van der Waals surface area contributed by atoms with Crippen molar-refractivity contribution in [3.8, 4) is 5.75 Å². The minimum atomic E-state index is -3.73. The molecule has 1 aliphatic heterocycles. The number of halogens is 1. The summed E-state index contributed by atoms with van der Waals surface area (Å²) in [7, 11) is -2.09. The smallest absolute Gasteiger partial charge is 0.253 e. The molecule has 1 atom stereocenters. The molecule has 1 heterocycles. The predicted molar refractivity (Wildman–Crippen MR) is 115 cm³/mol. The summed E-state index contributed by atoms with van der Waals surface area (Å²) in [6.07, 6.45) is 1.67. The topological polar surface area (TPSA) is 84.9 Å². The van der Waals surface area contributed by atoms with Crippen molar-refractivity contribution in [2.75, 3.05) is 33.4 Å². The molecule has 7 nitrogen and oxygen atoms in total. The third-order valence-corrected chi connectivity index (χ3v) is 6.52. The second-order valence-corrected chi connectivity index (χ2v) is 9.19. The molecule has 0 saturated carbocycles. The predicted octanol–water partition coefficient (Wildman–Crippen LogP) is 2.95. The maximum Gasteiger partial charge on any atom is 0.253 e. The molecular formula is C21H25ClN2O5S. The number of ether oxygens (including phenoxy) is 2. The van der Waals surface area contributed by atoms with Gasteiger partial charge in [0.05, 0.1) is 22.6 Å². The number of likely N-dealkylation sites (N-methyl/N-ethyl adjacent to an activating group) is 1. The number of rotatable bonds is 9. The van der Waals surface area contributed by atoms with E-state index < -0.39 is 10.0 Å². The number of carbonyl (C=O) groups excluding carboxylic acids is 1. The first-order valence-electron chi connectivity index (χ1n) is 9.71. The van der Waals surface area contributed by atoms with Gasteiger partial charge in [0.25, 0.3) is 5.91 Å². The maximum absolute atomic E-state index is 12.7. The average Bonchev–Trinajstić information content (AvgIpc) is 3.27. The largest absolute Gasteiger partial charge is 0.490 e. The zero-order chi connectivity index (χ0) is 21.6. The Kier molecular flexibility index (Phi) is 7.71. The molecule has 0 aromatic heterocycles. The molecule has 1 fully saturated rings. The zero-order valence-electron chi connectivity index (χ0n) is 16.7. The first-order valence-corrected chi connectivity index (χ1v) is 11.6. The van der Waals surface area contributed by atoms with Gasteiger partial charge in [-0.3, -0.25) is 4.79 Å². The highest BCUT2D eigenvalue weighted by atomic mass is 35.5. The molecule has 1 N–H and O–H groups in total. The van der Waals surface area contributed by atoms with Crippen molar-refractivity contribution >= 4 is 27.5 Å². The quantitative estimate of drug-likeness (QED) is 0.632. The van der Waals surface area contributed by atoms with E-state index in [0.29, 0.717) is 23.9 Å².